The number of benzene rings is 1. The normalized spacial score (nSPS) is 10.9. The van der Waals surface area contributed by atoms with E-state index in [1.807, 2.05) is 29.8 Å². The van der Waals surface area contributed by atoms with E-state index in [-0.39, 0.29) is 6.61 Å². The second-order valence-electron chi connectivity index (χ2n) is 4.65. The van der Waals surface area contributed by atoms with Gasteiger partial charge in [-0.3, -0.25) is 0 Å². The number of nitrogens with one attached hydrogen (secondary N) is 1. The van der Waals surface area contributed by atoms with E-state index in [1.54, 1.807) is 0 Å². The Morgan fingerprint density at radius 2 is 1.95 bits per heavy atom. The molecule has 0 spiro atoms. The van der Waals surface area contributed by atoms with E-state index in [0.29, 0.717) is 0 Å². The second kappa shape index (κ2) is 6.50. The predicted octanol–water partition coefficient (Wildman–Crippen LogP) is 1.96. The molecule has 0 aliphatic carbocycles. The first-order chi connectivity index (χ1) is 9.24. The Labute approximate surface area is 114 Å². The molecule has 1 heterocycles. The molecule has 2 aromatic rings. The highest BCUT2D eigenvalue weighted by molar-refractivity contribution is 5.36. The zero-order valence-electron chi connectivity index (χ0n) is 11.6. The van der Waals surface area contributed by atoms with E-state index in [2.05, 4.69) is 29.5 Å². The van der Waals surface area contributed by atoms with Crippen LogP contribution in [-0.2, 0) is 6.54 Å². The van der Waals surface area contributed by atoms with Gasteiger partial charge >= 0.3 is 0 Å². The predicted molar refractivity (Wildman–Crippen MR) is 76.4 cm³/mol. The van der Waals surface area contributed by atoms with Crippen LogP contribution in [0.1, 0.15) is 23.4 Å². The first kappa shape index (κ1) is 13.8. The lowest BCUT2D eigenvalue weighted by Gasteiger charge is -2.06. The molecule has 2 N–H and O–H groups in total. The van der Waals surface area contributed by atoms with Crippen molar-refractivity contribution in [2.75, 3.05) is 13.2 Å². The van der Waals surface area contributed by atoms with Gasteiger partial charge in [0.2, 0.25) is 0 Å². The Morgan fingerprint density at radius 3 is 2.63 bits per heavy atom. The average Bonchev–Trinajstić information content (AvgIpc) is 2.72. The van der Waals surface area contributed by atoms with Crippen LogP contribution in [0.25, 0.3) is 5.69 Å². The molecule has 0 fully saturated rings. The largest absolute Gasteiger partial charge is 0.396 e. The minimum Gasteiger partial charge on any atom is -0.396 e. The molecule has 0 unspecified atom stereocenters. The standard InChI is InChI=1S/C15H21N3O/c1-12-15(11-16-9-6-10-19)13(2)18(17-12)14-7-4-3-5-8-14/h3-5,7-8,16,19H,6,9-11H2,1-2H3. The quantitative estimate of drug-likeness (QED) is 0.780. The summed E-state index contributed by atoms with van der Waals surface area (Å²) in [7, 11) is 0. The van der Waals surface area contributed by atoms with Crippen molar-refractivity contribution in [3.05, 3.63) is 47.3 Å². The van der Waals surface area contributed by atoms with Crippen molar-refractivity contribution in [3.63, 3.8) is 0 Å². The Kier molecular flexibility index (Phi) is 4.71. The molecule has 0 aliphatic heterocycles. The van der Waals surface area contributed by atoms with Gasteiger partial charge in [0.05, 0.1) is 11.4 Å². The average molecular weight is 259 g/mol. The first-order valence-corrected chi connectivity index (χ1v) is 6.66. The van der Waals surface area contributed by atoms with Gasteiger partial charge in [0, 0.05) is 24.4 Å². The molecule has 102 valence electrons. The lowest BCUT2D eigenvalue weighted by atomic mass is 10.2. The molecule has 0 aliphatic rings. The summed E-state index contributed by atoms with van der Waals surface area (Å²) in [4.78, 5) is 0. The number of aryl methyl sites for hydroxylation is 1. The smallest absolute Gasteiger partial charge is 0.0648 e. The third kappa shape index (κ3) is 3.22. The molecule has 1 aromatic carbocycles. The highest BCUT2D eigenvalue weighted by atomic mass is 16.3. The molecule has 0 radical (unpaired) electrons. The number of hydrogen-bond acceptors (Lipinski definition) is 3. The fourth-order valence-corrected chi connectivity index (χ4v) is 2.17. The highest BCUT2D eigenvalue weighted by Crippen LogP contribution is 2.17. The lowest BCUT2D eigenvalue weighted by molar-refractivity contribution is 0.286. The van der Waals surface area contributed by atoms with Crippen LogP contribution < -0.4 is 5.32 Å². The molecule has 2 rings (SSSR count). The Hall–Kier alpha value is -1.65. The summed E-state index contributed by atoms with van der Waals surface area (Å²) < 4.78 is 1.98. The van der Waals surface area contributed by atoms with Gasteiger partial charge in [-0.15, -0.1) is 0 Å². The number of aliphatic hydroxyl groups excluding tert-OH is 1. The van der Waals surface area contributed by atoms with Gasteiger partial charge in [-0.05, 0) is 38.9 Å². The first-order valence-electron chi connectivity index (χ1n) is 6.66. The Balaban J connectivity index is 2.16. The molecule has 4 nitrogen and oxygen atoms in total. The number of para-hydroxylation sites is 1. The van der Waals surface area contributed by atoms with E-state index in [1.165, 1.54) is 11.3 Å². The third-order valence-electron chi connectivity index (χ3n) is 3.26. The van der Waals surface area contributed by atoms with Gasteiger partial charge in [0.1, 0.15) is 0 Å². The second-order valence-corrected chi connectivity index (χ2v) is 4.65. The fourth-order valence-electron chi connectivity index (χ4n) is 2.17. The minimum atomic E-state index is 0.230. The molecule has 19 heavy (non-hydrogen) atoms. The number of aromatic nitrogens is 2. The van der Waals surface area contributed by atoms with Crippen LogP contribution in [0.5, 0.6) is 0 Å². The van der Waals surface area contributed by atoms with Crippen LogP contribution in [0.3, 0.4) is 0 Å². The van der Waals surface area contributed by atoms with Crippen molar-refractivity contribution >= 4 is 0 Å². The summed E-state index contributed by atoms with van der Waals surface area (Å²) in [5.41, 5.74) is 4.55. The van der Waals surface area contributed by atoms with Gasteiger partial charge < -0.3 is 10.4 Å². The minimum absolute atomic E-state index is 0.230. The summed E-state index contributed by atoms with van der Waals surface area (Å²) in [6.45, 7) is 5.98. The van der Waals surface area contributed by atoms with Crippen molar-refractivity contribution in [1.82, 2.24) is 15.1 Å². The maximum absolute atomic E-state index is 8.77. The number of aliphatic hydroxyl groups is 1. The summed E-state index contributed by atoms with van der Waals surface area (Å²) in [6.07, 6.45) is 0.783. The summed E-state index contributed by atoms with van der Waals surface area (Å²) >= 11 is 0. The van der Waals surface area contributed by atoms with Crippen LogP contribution in [0.4, 0.5) is 0 Å². The Morgan fingerprint density at radius 1 is 1.21 bits per heavy atom. The van der Waals surface area contributed by atoms with Gasteiger partial charge in [-0.1, -0.05) is 18.2 Å². The molecule has 0 saturated carbocycles. The van der Waals surface area contributed by atoms with Crippen LogP contribution >= 0.6 is 0 Å². The van der Waals surface area contributed by atoms with Crippen molar-refractivity contribution < 1.29 is 5.11 Å². The molecular weight excluding hydrogens is 238 g/mol. The Bertz CT molecular complexity index is 520. The van der Waals surface area contributed by atoms with Crippen molar-refractivity contribution in [2.24, 2.45) is 0 Å². The molecule has 0 amide bonds. The van der Waals surface area contributed by atoms with Gasteiger partial charge in [0.15, 0.2) is 0 Å². The summed E-state index contributed by atoms with van der Waals surface area (Å²) in [6, 6.07) is 10.2. The lowest BCUT2D eigenvalue weighted by Crippen LogP contribution is -2.16. The van der Waals surface area contributed by atoms with Crippen LogP contribution in [-0.4, -0.2) is 28.0 Å². The topological polar surface area (TPSA) is 50.1 Å². The van der Waals surface area contributed by atoms with E-state index >= 15 is 0 Å². The zero-order valence-corrected chi connectivity index (χ0v) is 11.6. The fraction of sp³-hybridized carbons (Fsp3) is 0.400. The van der Waals surface area contributed by atoms with Crippen LogP contribution in [0, 0.1) is 13.8 Å². The summed E-state index contributed by atoms with van der Waals surface area (Å²) in [5.74, 6) is 0. The third-order valence-corrected chi connectivity index (χ3v) is 3.26. The SMILES string of the molecule is Cc1nn(-c2ccccc2)c(C)c1CNCCCO. The maximum atomic E-state index is 8.77. The van der Waals surface area contributed by atoms with Gasteiger partial charge in [-0.25, -0.2) is 4.68 Å². The highest BCUT2D eigenvalue weighted by Gasteiger charge is 2.11. The number of rotatable bonds is 6. The maximum Gasteiger partial charge on any atom is 0.0648 e. The van der Waals surface area contributed by atoms with Gasteiger partial charge in [0.25, 0.3) is 0 Å². The molecule has 0 bridgehead atoms. The van der Waals surface area contributed by atoms with Crippen molar-refractivity contribution in [1.29, 1.82) is 0 Å². The molecular formula is C15H21N3O. The monoisotopic (exact) mass is 259 g/mol. The van der Waals surface area contributed by atoms with E-state index in [9.17, 15) is 0 Å². The molecule has 1 aromatic heterocycles. The van der Waals surface area contributed by atoms with E-state index in [4.69, 9.17) is 5.11 Å². The zero-order chi connectivity index (χ0) is 13.7. The van der Waals surface area contributed by atoms with Gasteiger partial charge in [-0.2, -0.15) is 5.10 Å². The van der Waals surface area contributed by atoms with E-state index < -0.39 is 0 Å². The van der Waals surface area contributed by atoms with Crippen molar-refractivity contribution in [2.45, 2.75) is 26.8 Å². The summed E-state index contributed by atoms with van der Waals surface area (Å²) in [5, 5.41) is 16.7. The number of hydrogen-bond donors (Lipinski definition) is 2. The van der Waals surface area contributed by atoms with Crippen LogP contribution in [0.2, 0.25) is 0 Å². The van der Waals surface area contributed by atoms with Crippen LogP contribution in [0.15, 0.2) is 30.3 Å². The molecule has 0 saturated heterocycles. The van der Waals surface area contributed by atoms with Crippen molar-refractivity contribution in [3.8, 4) is 5.69 Å². The van der Waals surface area contributed by atoms with E-state index in [0.717, 1.165) is 30.9 Å². The number of nitrogens with zero attached hydrogens (tertiary/aromatic N) is 2. The molecule has 4 heteroatoms. The molecule has 0 atom stereocenters.